The number of carbonyl (C=O) groups is 2. The first-order chi connectivity index (χ1) is 16.2. The van der Waals surface area contributed by atoms with Gasteiger partial charge < -0.3 is 19.9 Å². The van der Waals surface area contributed by atoms with Gasteiger partial charge in [-0.05, 0) is 13.0 Å². The molecule has 0 saturated heterocycles. The fraction of sp³-hybridized carbons (Fsp3) is 0.200. The van der Waals surface area contributed by atoms with E-state index in [-0.39, 0.29) is 57.9 Å². The van der Waals surface area contributed by atoms with E-state index in [1.165, 1.54) is 24.3 Å². The van der Waals surface area contributed by atoms with Gasteiger partial charge in [0.25, 0.3) is 11.6 Å². The number of nitro groups is 1. The average Bonchev–Trinajstić information content (AvgIpc) is 3.28. The van der Waals surface area contributed by atoms with Crippen LogP contribution in [0.15, 0.2) is 34.9 Å². The number of carbonyl (C=O) groups excluding carboxylic acids is 2. The summed E-state index contributed by atoms with van der Waals surface area (Å²) in [4.78, 5) is 38.7. The molecule has 14 heteroatoms. The molecule has 0 saturated carbocycles. The van der Waals surface area contributed by atoms with Crippen LogP contribution >= 0.6 is 34.8 Å². The number of benzene rings is 2. The summed E-state index contributed by atoms with van der Waals surface area (Å²) >= 11 is 17.7. The number of hydrogen-bond acceptors (Lipinski definition) is 8. The van der Waals surface area contributed by atoms with Gasteiger partial charge in [-0.25, -0.2) is 0 Å². The van der Waals surface area contributed by atoms with Gasteiger partial charge in [0.2, 0.25) is 5.82 Å². The van der Waals surface area contributed by atoms with E-state index >= 15 is 0 Å². The molecule has 11 nitrogen and oxygen atoms in total. The Bertz CT molecular complexity index is 1250. The summed E-state index contributed by atoms with van der Waals surface area (Å²) < 4.78 is 10.3. The molecule has 2 N–H and O–H groups in total. The first-order valence-corrected chi connectivity index (χ1v) is 10.7. The zero-order valence-electron chi connectivity index (χ0n) is 17.4. The van der Waals surface area contributed by atoms with Gasteiger partial charge in [0.05, 0.1) is 20.0 Å². The maximum atomic E-state index is 12.2. The van der Waals surface area contributed by atoms with Crippen LogP contribution in [0.5, 0.6) is 5.75 Å². The van der Waals surface area contributed by atoms with E-state index in [4.69, 9.17) is 44.1 Å². The molecule has 1 aromatic heterocycles. The van der Waals surface area contributed by atoms with Crippen molar-refractivity contribution >= 4 is 52.3 Å². The highest BCUT2D eigenvalue weighted by Gasteiger charge is 2.20. The lowest BCUT2D eigenvalue weighted by molar-refractivity contribution is -0.385. The van der Waals surface area contributed by atoms with E-state index in [1.807, 2.05) is 0 Å². The number of aromatic nitrogens is 2. The summed E-state index contributed by atoms with van der Waals surface area (Å²) in [7, 11) is 0. The molecule has 0 aliphatic heterocycles. The number of nitrogens with one attached hydrogen (secondary N) is 2. The highest BCUT2D eigenvalue weighted by atomic mass is 35.5. The van der Waals surface area contributed by atoms with Gasteiger partial charge in [-0.1, -0.05) is 52.1 Å². The molecular weight excluding hydrogens is 513 g/mol. The highest BCUT2D eigenvalue weighted by Crippen LogP contribution is 2.33. The largest absolute Gasteiger partial charge is 0.482 e. The Morgan fingerprint density at radius 1 is 1.12 bits per heavy atom. The fourth-order valence-corrected chi connectivity index (χ4v) is 3.34. The summed E-state index contributed by atoms with van der Waals surface area (Å²) in [6, 6.07) is 7.21. The first-order valence-electron chi connectivity index (χ1n) is 9.57. The van der Waals surface area contributed by atoms with Crippen molar-refractivity contribution in [1.29, 1.82) is 0 Å². The number of halogens is 3. The monoisotopic (exact) mass is 527 g/mol. The zero-order valence-corrected chi connectivity index (χ0v) is 19.7. The molecular formula is C20H16Cl3N5O6. The Hall–Kier alpha value is -3.41. The molecule has 0 spiro atoms. The van der Waals surface area contributed by atoms with Crippen LogP contribution in [0.25, 0.3) is 11.4 Å². The summed E-state index contributed by atoms with van der Waals surface area (Å²) in [5.74, 6) is -1.22. The molecule has 0 atom stereocenters. The van der Waals surface area contributed by atoms with Crippen molar-refractivity contribution in [2.24, 2.45) is 0 Å². The number of ether oxygens (including phenoxy) is 1. The topological polar surface area (TPSA) is 149 Å². The standard InChI is InChI=1S/C20H16Cl3N5O6/c1-10-11(3-2-4-15(10)28(31)32)18-26-20(34-27-18)19(30)25-6-5-24-17(29)9-33-16-8-13(22)12(21)7-14(16)23/h2-4,7-8H,5-6,9H2,1H3,(H,24,29)(H,25,30). The Morgan fingerprint density at radius 2 is 1.82 bits per heavy atom. The minimum Gasteiger partial charge on any atom is -0.482 e. The minimum atomic E-state index is -0.671. The van der Waals surface area contributed by atoms with Crippen LogP contribution in [0.4, 0.5) is 5.69 Å². The molecule has 2 aromatic carbocycles. The molecule has 3 rings (SSSR count). The van der Waals surface area contributed by atoms with E-state index < -0.39 is 16.7 Å². The first kappa shape index (κ1) is 25.2. The molecule has 0 radical (unpaired) electrons. The molecule has 2 amide bonds. The van der Waals surface area contributed by atoms with Crippen molar-refractivity contribution in [1.82, 2.24) is 20.8 Å². The van der Waals surface area contributed by atoms with Crippen LogP contribution in [0.1, 0.15) is 16.2 Å². The molecule has 34 heavy (non-hydrogen) atoms. The van der Waals surface area contributed by atoms with Gasteiger partial charge in [-0.3, -0.25) is 19.7 Å². The number of nitro benzene ring substituents is 1. The van der Waals surface area contributed by atoms with Crippen LogP contribution in [-0.4, -0.2) is 46.6 Å². The van der Waals surface area contributed by atoms with E-state index in [0.717, 1.165) is 0 Å². The smallest absolute Gasteiger partial charge is 0.316 e. The third-order valence-corrected chi connectivity index (χ3v) is 5.45. The van der Waals surface area contributed by atoms with Crippen LogP contribution < -0.4 is 15.4 Å². The molecule has 0 aliphatic carbocycles. The normalized spacial score (nSPS) is 10.6. The van der Waals surface area contributed by atoms with E-state index in [0.29, 0.717) is 11.1 Å². The second-order valence-electron chi connectivity index (χ2n) is 6.72. The number of nitrogens with zero attached hydrogens (tertiary/aromatic N) is 3. The van der Waals surface area contributed by atoms with Crippen molar-refractivity contribution in [2.45, 2.75) is 6.92 Å². The summed E-state index contributed by atoms with van der Waals surface area (Å²) in [5, 5.41) is 20.6. The Balaban J connectivity index is 1.47. The fourth-order valence-electron chi connectivity index (χ4n) is 2.75. The van der Waals surface area contributed by atoms with Gasteiger partial charge >= 0.3 is 11.8 Å². The van der Waals surface area contributed by atoms with Crippen molar-refractivity contribution in [3.63, 3.8) is 0 Å². The molecule has 0 unspecified atom stereocenters. The van der Waals surface area contributed by atoms with Crippen LogP contribution in [0.2, 0.25) is 15.1 Å². The lowest BCUT2D eigenvalue weighted by atomic mass is 10.1. The van der Waals surface area contributed by atoms with Gasteiger partial charge in [-0.15, -0.1) is 0 Å². The maximum absolute atomic E-state index is 12.2. The van der Waals surface area contributed by atoms with E-state index in [2.05, 4.69) is 20.8 Å². The third kappa shape index (κ3) is 6.13. The summed E-state index contributed by atoms with van der Waals surface area (Å²) in [6.07, 6.45) is 0. The number of rotatable bonds is 9. The van der Waals surface area contributed by atoms with Crippen LogP contribution in [-0.2, 0) is 4.79 Å². The number of amides is 2. The van der Waals surface area contributed by atoms with E-state index in [1.54, 1.807) is 13.0 Å². The lowest BCUT2D eigenvalue weighted by Gasteiger charge is -2.10. The quantitative estimate of drug-likeness (QED) is 0.184. The van der Waals surface area contributed by atoms with E-state index in [9.17, 15) is 19.7 Å². The second-order valence-corrected chi connectivity index (χ2v) is 7.94. The number of hydrogen-bond donors (Lipinski definition) is 2. The molecule has 1 heterocycles. The van der Waals surface area contributed by atoms with Crippen LogP contribution in [0.3, 0.4) is 0 Å². The summed E-state index contributed by atoms with van der Waals surface area (Å²) in [6.45, 7) is 1.37. The molecule has 0 fully saturated rings. The predicted molar refractivity (Wildman–Crippen MR) is 123 cm³/mol. The van der Waals surface area contributed by atoms with Crippen molar-refractivity contribution < 1.29 is 23.8 Å². The van der Waals surface area contributed by atoms with Crippen LogP contribution in [0, 0.1) is 17.0 Å². The average molecular weight is 529 g/mol. The second kappa shape index (κ2) is 11.1. The van der Waals surface area contributed by atoms with Crippen molar-refractivity contribution in [3.05, 3.63) is 67.0 Å². The Labute approximate surface area is 207 Å². The van der Waals surface area contributed by atoms with Crippen molar-refractivity contribution in [3.8, 4) is 17.1 Å². The highest BCUT2D eigenvalue weighted by molar-refractivity contribution is 6.43. The molecule has 3 aromatic rings. The molecule has 0 aliphatic rings. The predicted octanol–water partition coefficient (Wildman–Crippen LogP) is 3.84. The third-order valence-electron chi connectivity index (χ3n) is 4.43. The van der Waals surface area contributed by atoms with Gasteiger partial charge in [0.15, 0.2) is 6.61 Å². The Morgan fingerprint density at radius 3 is 2.56 bits per heavy atom. The van der Waals surface area contributed by atoms with Crippen molar-refractivity contribution in [2.75, 3.05) is 19.7 Å². The molecule has 0 bridgehead atoms. The summed E-state index contributed by atoms with van der Waals surface area (Å²) in [5.41, 5.74) is 0.605. The lowest BCUT2D eigenvalue weighted by Crippen LogP contribution is -2.36. The SMILES string of the molecule is Cc1c(-c2noc(C(=O)NCCNC(=O)COc3cc(Cl)c(Cl)cc3Cl)n2)cccc1[N+](=O)[O-]. The minimum absolute atomic E-state index is 0.0396. The zero-order chi connectivity index (χ0) is 24.8. The van der Waals surface area contributed by atoms with Gasteiger partial charge in [0.1, 0.15) is 5.75 Å². The maximum Gasteiger partial charge on any atom is 0.316 e. The van der Waals surface area contributed by atoms with Gasteiger partial charge in [-0.2, -0.15) is 4.98 Å². The molecule has 178 valence electrons. The van der Waals surface area contributed by atoms with Gasteiger partial charge in [0, 0.05) is 36.3 Å². The Kier molecular flexibility index (Phi) is 8.26.